The summed E-state index contributed by atoms with van der Waals surface area (Å²) in [7, 11) is 0. The molecule has 1 aromatic carbocycles. The van der Waals surface area contributed by atoms with Crippen LogP contribution in [-0.2, 0) is 16.0 Å². The summed E-state index contributed by atoms with van der Waals surface area (Å²) in [5, 5.41) is 3.34. The summed E-state index contributed by atoms with van der Waals surface area (Å²) in [6, 6.07) is 10.4. The zero-order valence-corrected chi connectivity index (χ0v) is 14.0. The molecule has 0 unspecified atom stereocenters. The summed E-state index contributed by atoms with van der Waals surface area (Å²) in [6.45, 7) is 5.87. The predicted octanol–water partition coefficient (Wildman–Crippen LogP) is 1.29. The number of benzene rings is 1. The highest BCUT2D eigenvalue weighted by Crippen LogP contribution is 2.04. The van der Waals surface area contributed by atoms with Gasteiger partial charge in [0.15, 0.2) is 0 Å². The van der Waals surface area contributed by atoms with Gasteiger partial charge in [0.1, 0.15) is 0 Å². The molecule has 1 N–H and O–H groups in total. The molecule has 0 radical (unpaired) electrons. The highest BCUT2D eigenvalue weighted by molar-refractivity contribution is 5.77. The highest BCUT2D eigenvalue weighted by Gasteiger charge is 2.21. The second kappa shape index (κ2) is 9.30. The van der Waals surface area contributed by atoms with Crippen LogP contribution in [0.25, 0.3) is 0 Å². The SMILES string of the molecule is CC(=O)N1CCN(C(=O)CCNCCCc2ccccc2)CC1. The minimum atomic E-state index is 0.0946. The number of nitrogens with zero attached hydrogens (tertiary/aromatic N) is 2. The maximum absolute atomic E-state index is 12.1. The predicted molar refractivity (Wildman–Crippen MR) is 91.1 cm³/mol. The Morgan fingerprint density at radius 1 is 1.00 bits per heavy atom. The average molecular weight is 317 g/mol. The van der Waals surface area contributed by atoms with Crippen molar-refractivity contribution < 1.29 is 9.59 Å². The van der Waals surface area contributed by atoms with Gasteiger partial charge in [0, 0.05) is 46.1 Å². The summed E-state index contributed by atoms with van der Waals surface area (Å²) in [6.07, 6.45) is 2.68. The molecule has 0 aromatic heterocycles. The number of nitrogens with one attached hydrogen (secondary N) is 1. The Morgan fingerprint density at radius 3 is 2.30 bits per heavy atom. The minimum absolute atomic E-state index is 0.0946. The Bertz CT molecular complexity index is 496. The number of carbonyl (C=O) groups excluding carboxylic acids is 2. The van der Waals surface area contributed by atoms with Crippen LogP contribution >= 0.6 is 0 Å². The van der Waals surface area contributed by atoms with Crippen molar-refractivity contribution in [1.82, 2.24) is 15.1 Å². The van der Waals surface area contributed by atoms with E-state index in [2.05, 4.69) is 29.6 Å². The number of hydrogen-bond donors (Lipinski definition) is 1. The molecule has 1 aromatic rings. The fourth-order valence-electron chi connectivity index (χ4n) is 2.81. The molecule has 0 bridgehead atoms. The molecule has 0 saturated carbocycles. The van der Waals surface area contributed by atoms with Gasteiger partial charge in [-0.3, -0.25) is 9.59 Å². The van der Waals surface area contributed by atoms with Crippen LogP contribution in [0.2, 0.25) is 0 Å². The van der Waals surface area contributed by atoms with E-state index < -0.39 is 0 Å². The van der Waals surface area contributed by atoms with E-state index in [0.29, 0.717) is 32.6 Å². The molecule has 1 heterocycles. The van der Waals surface area contributed by atoms with Crippen molar-refractivity contribution in [2.75, 3.05) is 39.3 Å². The first-order chi connectivity index (χ1) is 11.2. The van der Waals surface area contributed by atoms with E-state index in [9.17, 15) is 9.59 Å². The zero-order valence-electron chi connectivity index (χ0n) is 14.0. The van der Waals surface area contributed by atoms with Gasteiger partial charge < -0.3 is 15.1 Å². The van der Waals surface area contributed by atoms with Gasteiger partial charge in [0.25, 0.3) is 0 Å². The summed E-state index contributed by atoms with van der Waals surface area (Å²) in [5.41, 5.74) is 1.36. The van der Waals surface area contributed by atoms with Crippen molar-refractivity contribution in [1.29, 1.82) is 0 Å². The number of hydrogen-bond acceptors (Lipinski definition) is 3. The van der Waals surface area contributed by atoms with E-state index >= 15 is 0 Å². The fourth-order valence-corrected chi connectivity index (χ4v) is 2.81. The van der Waals surface area contributed by atoms with E-state index in [1.807, 2.05) is 11.0 Å². The van der Waals surface area contributed by atoms with E-state index in [-0.39, 0.29) is 11.8 Å². The Balaban J connectivity index is 1.53. The van der Waals surface area contributed by atoms with Crippen molar-refractivity contribution in [3.63, 3.8) is 0 Å². The van der Waals surface area contributed by atoms with Crippen LogP contribution in [0, 0.1) is 0 Å². The third kappa shape index (κ3) is 6.02. The lowest BCUT2D eigenvalue weighted by molar-refractivity contribution is -0.138. The van der Waals surface area contributed by atoms with Gasteiger partial charge >= 0.3 is 0 Å². The van der Waals surface area contributed by atoms with Crippen LogP contribution < -0.4 is 5.32 Å². The minimum Gasteiger partial charge on any atom is -0.339 e. The smallest absolute Gasteiger partial charge is 0.223 e. The summed E-state index contributed by atoms with van der Waals surface area (Å²) in [4.78, 5) is 27.0. The molecule has 1 aliphatic rings. The van der Waals surface area contributed by atoms with Crippen LogP contribution in [0.15, 0.2) is 30.3 Å². The maximum Gasteiger partial charge on any atom is 0.223 e. The van der Waals surface area contributed by atoms with Gasteiger partial charge in [0.05, 0.1) is 0 Å². The molecule has 2 amide bonds. The number of carbonyl (C=O) groups is 2. The molecule has 23 heavy (non-hydrogen) atoms. The lowest BCUT2D eigenvalue weighted by Gasteiger charge is -2.34. The molecule has 5 nitrogen and oxygen atoms in total. The van der Waals surface area contributed by atoms with Gasteiger partial charge in [-0.05, 0) is 24.9 Å². The quantitative estimate of drug-likeness (QED) is 0.771. The van der Waals surface area contributed by atoms with E-state index in [4.69, 9.17) is 0 Å². The van der Waals surface area contributed by atoms with E-state index in [1.54, 1.807) is 11.8 Å². The lowest BCUT2D eigenvalue weighted by Crippen LogP contribution is -2.50. The number of aryl methyl sites for hydroxylation is 1. The van der Waals surface area contributed by atoms with Gasteiger partial charge in [-0.25, -0.2) is 0 Å². The van der Waals surface area contributed by atoms with E-state index in [1.165, 1.54) is 5.56 Å². The maximum atomic E-state index is 12.1. The first-order valence-corrected chi connectivity index (χ1v) is 8.45. The summed E-state index contributed by atoms with van der Waals surface area (Å²) < 4.78 is 0. The Kier molecular flexibility index (Phi) is 7.07. The molecule has 1 aliphatic heterocycles. The van der Waals surface area contributed by atoms with Crippen molar-refractivity contribution in [2.45, 2.75) is 26.2 Å². The van der Waals surface area contributed by atoms with Crippen molar-refractivity contribution in [2.24, 2.45) is 0 Å². The third-order valence-electron chi connectivity index (χ3n) is 4.26. The first kappa shape index (κ1) is 17.5. The van der Waals surface area contributed by atoms with Crippen LogP contribution in [0.1, 0.15) is 25.3 Å². The third-order valence-corrected chi connectivity index (χ3v) is 4.26. The fraction of sp³-hybridized carbons (Fsp3) is 0.556. The molecule has 0 atom stereocenters. The van der Waals surface area contributed by atoms with Gasteiger partial charge in [-0.1, -0.05) is 30.3 Å². The number of amides is 2. The van der Waals surface area contributed by atoms with Crippen LogP contribution in [0.5, 0.6) is 0 Å². The van der Waals surface area contributed by atoms with Crippen LogP contribution in [0.3, 0.4) is 0 Å². The second-order valence-corrected chi connectivity index (χ2v) is 5.98. The Hall–Kier alpha value is -1.88. The summed E-state index contributed by atoms with van der Waals surface area (Å²) >= 11 is 0. The van der Waals surface area contributed by atoms with Gasteiger partial charge in [-0.15, -0.1) is 0 Å². The second-order valence-electron chi connectivity index (χ2n) is 5.98. The molecule has 2 rings (SSSR count). The molecule has 0 aliphatic carbocycles. The van der Waals surface area contributed by atoms with Gasteiger partial charge in [-0.2, -0.15) is 0 Å². The zero-order chi connectivity index (χ0) is 16.5. The van der Waals surface area contributed by atoms with Crippen LogP contribution in [-0.4, -0.2) is 60.9 Å². The Morgan fingerprint density at radius 2 is 1.65 bits per heavy atom. The molecule has 0 spiro atoms. The molecular formula is C18H27N3O2. The standard InChI is InChI=1S/C18H27N3O2/c1-16(22)20-12-14-21(15-13-20)18(23)9-11-19-10-5-8-17-6-3-2-4-7-17/h2-4,6-7,19H,5,8-15H2,1H3. The van der Waals surface area contributed by atoms with Crippen molar-refractivity contribution >= 4 is 11.8 Å². The van der Waals surface area contributed by atoms with Crippen molar-refractivity contribution in [3.05, 3.63) is 35.9 Å². The molecule has 1 fully saturated rings. The lowest BCUT2D eigenvalue weighted by atomic mass is 10.1. The number of rotatable bonds is 7. The van der Waals surface area contributed by atoms with Crippen LogP contribution in [0.4, 0.5) is 0 Å². The highest BCUT2D eigenvalue weighted by atomic mass is 16.2. The largest absolute Gasteiger partial charge is 0.339 e. The molecule has 1 saturated heterocycles. The van der Waals surface area contributed by atoms with E-state index in [0.717, 1.165) is 25.9 Å². The molecule has 5 heteroatoms. The van der Waals surface area contributed by atoms with Gasteiger partial charge in [0.2, 0.25) is 11.8 Å². The number of piperazine rings is 1. The van der Waals surface area contributed by atoms with Crippen molar-refractivity contribution in [3.8, 4) is 0 Å². The normalized spacial score (nSPS) is 14.8. The Labute approximate surface area is 138 Å². The topological polar surface area (TPSA) is 52.7 Å². The first-order valence-electron chi connectivity index (χ1n) is 8.45. The summed E-state index contributed by atoms with van der Waals surface area (Å²) in [5.74, 6) is 0.279. The monoisotopic (exact) mass is 317 g/mol. The molecule has 126 valence electrons. The average Bonchev–Trinajstić information content (AvgIpc) is 2.58. The molecular weight excluding hydrogens is 290 g/mol.